The third kappa shape index (κ3) is 2.84. The summed E-state index contributed by atoms with van der Waals surface area (Å²) in [5, 5.41) is 17.6. The lowest BCUT2D eigenvalue weighted by atomic mass is 10.0. The van der Waals surface area contributed by atoms with Crippen molar-refractivity contribution >= 4 is 7.32 Å². The molecule has 3 nitrogen and oxygen atoms in total. The normalized spacial score (nSPS) is 10.1. The standard InChI is InChI=1S/C12H10BFO3/c14-10-7-5-9(6-8-10)11-3-1-2-4-12(11)17-13(15)16/h1-8,15-16H. The molecule has 2 rings (SSSR count). The largest absolute Gasteiger partial charge is 0.707 e. The maximum absolute atomic E-state index is 12.8. The van der Waals surface area contributed by atoms with E-state index < -0.39 is 7.32 Å². The highest BCUT2D eigenvalue weighted by atomic mass is 19.1. The Balaban J connectivity index is 2.40. The molecule has 86 valence electrons. The minimum atomic E-state index is -1.88. The Morgan fingerprint density at radius 2 is 1.59 bits per heavy atom. The first-order valence-electron chi connectivity index (χ1n) is 5.04. The van der Waals surface area contributed by atoms with Crippen molar-refractivity contribution in [3.63, 3.8) is 0 Å². The van der Waals surface area contributed by atoms with Gasteiger partial charge in [-0.15, -0.1) is 0 Å². The van der Waals surface area contributed by atoms with Gasteiger partial charge >= 0.3 is 7.32 Å². The molecule has 5 heteroatoms. The molecule has 0 amide bonds. The minimum Gasteiger partial charge on any atom is -0.512 e. The summed E-state index contributed by atoms with van der Waals surface area (Å²) in [7, 11) is -1.88. The van der Waals surface area contributed by atoms with Gasteiger partial charge in [-0.05, 0) is 23.8 Å². The summed E-state index contributed by atoms with van der Waals surface area (Å²) in [6.45, 7) is 0. The molecule has 2 aromatic carbocycles. The van der Waals surface area contributed by atoms with E-state index in [-0.39, 0.29) is 5.82 Å². The van der Waals surface area contributed by atoms with Gasteiger partial charge in [-0.2, -0.15) is 0 Å². The third-order valence-electron chi connectivity index (χ3n) is 2.27. The Bertz CT molecular complexity index is 499. The monoisotopic (exact) mass is 232 g/mol. The molecule has 0 aliphatic heterocycles. The number of halogens is 1. The molecule has 0 saturated carbocycles. The third-order valence-corrected chi connectivity index (χ3v) is 2.27. The average molecular weight is 232 g/mol. The van der Waals surface area contributed by atoms with Gasteiger partial charge in [0.2, 0.25) is 0 Å². The Kier molecular flexibility index (Phi) is 3.42. The molecule has 0 atom stereocenters. The van der Waals surface area contributed by atoms with E-state index in [1.165, 1.54) is 12.1 Å². The van der Waals surface area contributed by atoms with Crippen molar-refractivity contribution in [2.75, 3.05) is 0 Å². The van der Waals surface area contributed by atoms with E-state index in [0.29, 0.717) is 11.3 Å². The van der Waals surface area contributed by atoms with Crippen LogP contribution in [0.5, 0.6) is 5.75 Å². The van der Waals surface area contributed by atoms with Gasteiger partial charge < -0.3 is 14.7 Å². The van der Waals surface area contributed by atoms with Gasteiger partial charge in [-0.3, -0.25) is 0 Å². The fourth-order valence-corrected chi connectivity index (χ4v) is 1.55. The molecule has 0 fully saturated rings. The summed E-state index contributed by atoms with van der Waals surface area (Å²) in [6, 6.07) is 12.7. The Hall–Kier alpha value is -1.85. The number of para-hydroxylation sites is 1. The van der Waals surface area contributed by atoms with E-state index in [9.17, 15) is 4.39 Å². The number of hydrogen-bond donors (Lipinski definition) is 2. The highest BCUT2D eigenvalue weighted by Gasteiger charge is 2.14. The first-order valence-corrected chi connectivity index (χ1v) is 5.04. The van der Waals surface area contributed by atoms with Crippen LogP contribution in [0.25, 0.3) is 11.1 Å². The molecule has 0 heterocycles. The minimum absolute atomic E-state index is 0.325. The summed E-state index contributed by atoms with van der Waals surface area (Å²) in [5.74, 6) is 0.00319. The van der Waals surface area contributed by atoms with Crippen LogP contribution in [-0.2, 0) is 0 Å². The van der Waals surface area contributed by atoms with Crippen LogP contribution in [0.4, 0.5) is 4.39 Å². The van der Waals surface area contributed by atoms with Gasteiger partial charge in [0.25, 0.3) is 0 Å². The van der Waals surface area contributed by atoms with Crippen LogP contribution >= 0.6 is 0 Å². The SMILES string of the molecule is OB(O)Oc1ccccc1-c1ccc(F)cc1. The maximum atomic E-state index is 12.8. The lowest BCUT2D eigenvalue weighted by Gasteiger charge is -2.10. The predicted molar refractivity (Wildman–Crippen MR) is 62.7 cm³/mol. The van der Waals surface area contributed by atoms with E-state index in [2.05, 4.69) is 0 Å². The molecular formula is C12H10BFO3. The maximum Gasteiger partial charge on any atom is 0.707 e. The van der Waals surface area contributed by atoms with Gasteiger partial charge in [0.15, 0.2) is 0 Å². The molecule has 0 bridgehead atoms. The summed E-state index contributed by atoms with van der Waals surface area (Å²) in [5.41, 5.74) is 1.41. The van der Waals surface area contributed by atoms with Crippen molar-refractivity contribution in [2.24, 2.45) is 0 Å². The fourth-order valence-electron chi connectivity index (χ4n) is 1.55. The van der Waals surface area contributed by atoms with Gasteiger partial charge in [0, 0.05) is 5.56 Å². The lowest BCUT2D eigenvalue weighted by Crippen LogP contribution is -2.20. The molecule has 0 spiro atoms. The van der Waals surface area contributed by atoms with Crippen molar-refractivity contribution in [3.05, 3.63) is 54.3 Å². The van der Waals surface area contributed by atoms with Crippen LogP contribution in [-0.4, -0.2) is 17.4 Å². The predicted octanol–water partition coefficient (Wildman–Crippen LogP) is 1.84. The zero-order valence-electron chi connectivity index (χ0n) is 8.88. The Morgan fingerprint density at radius 3 is 2.24 bits per heavy atom. The Labute approximate surface area is 98.3 Å². The van der Waals surface area contributed by atoms with E-state index in [4.69, 9.17) is 14.7 Å². The van der Waals surface area contributed by atoms with Crippen molar-refractivity contribution in [1.82, 2.24) is 0 Å². The quantitative estimate of drug-likeness (QED) is 0.793. The second kappa shape index (κ2) is 4.99. The molecule has 0 aliphatic rings. The van der Waals surface area contributed by atoms with Gasteiger partial charge in [0.1, 0.15) is 11.6 Å². The molecule has 0 unspecified atom stereocenters. The number of rotatable bonds is 3. The first-order chi connectivity index (χ1) is 8.16. The zero-order valence-corrected chi connectivity index (χ0v) is 8.88. The summed E-state index contributed by atoms with van der Waals surface area (Å²) < 4.78 is 17.6. The molecule has 0 radical (unpaired) electrons. The second-order valence-electron chi connectivity index (χ2n) is 3.45. The molecule has 17 heavy (non-hydrogen) atoms. The molecular weight excluding hydrogens is 222 g/mol. The van der Waals surface area contributed by atoms with Crippen LogP contribution in [0.2, 0.25) is 0 Å². The Morgan fingerprint density at radius 1 is 0.941 bits per heavy atom. The summed E-state index contributed by atoms with van der Waals surface area (Å²) in [6.07, 6.45) is 0. The lowest BCUT2D eigenvalue weighted by molar-refractivity contribution is 0.288. The van der Waals surface area contributed by atoms with Crippen LogP contribution in [0, 0.1) is 5.82 Å². The molecule has 0 aromatic heterocycles. The van der Waals surface area contributed by atoms with Gasteiger partial charge in [-0.25, -0.2) is 4.39 Å². The van der Waals surface area contributed by atoms with Crippen LogP contribution < -0.4 is 4.65 Å². The molecule has 0 aliphatic carbocycles. The van der Waals surface area contributed by atoms with Gasteiger partial charge in [0.05, 0.1) is 0 Å². The van der Waals surface area contributed by atoms with Crippen LogP contribution in [0.3, 0.4) is 0 Å². The van der Waals surface area contributed by atoms with Crippen LogP contribution in [0.1, 0.15) is 0 Å². The highest BCUT2D eigenvalue weighted by molar-refractivity contribution is 6.34. The van der Waals surface area contributed by atoms with Gasteiger partial charge in [-0.1, -0.05) is 30.3 Å². The molecule has 2 N–H and O–H groups in total. The zero-order chi connectivity index (χ0) is 12.3. The van der Waals surface area contributed by atoms with Crippen molar-refractivity contribution in [3.8, 4) is 16.9 Å². The number of hydrogen-bond acceptors (Lipinski definition) is 3. The summed E-state index contributed by atoms with van der Waals surface area (Å²) >= 11 is 0. The molecule has 0 saturated heterocycles. The second-order valence-corrected chi connectivity index (χ2v) is 3.45. The van der Waals surface area contributed by atoms with Crippen molar-refractivity contribution in [2.45, 2.75) is 0 Å². The fraction of sp³-hybridized carbons (Fsp3) is 0. The summed E-state index contributed by atoms with van der Waals surface area (Å²) in [4.78, 5) is 0. The van der Waals surface area contributed by atoms with E-state index in [1.54, 1.807) is 36.4 Å². The van der Waals surface area contributed by atoms with E-state index in [1.807, 2.05) is 0 Å². The average Bonchev–Trinajstić information content (AvgIpc) is 2.30. The van der Waals surface area contributed by atoms with Crippen LogP contribution in [0.15, 0.2) is 48.5 Å². The number of benzene rings is 2. The van der Waals surface area contributed by atoms with Crippen molar-refractivity contribution in [1.29, 1.82) is 0 Å². The topological polar surface area (TPSA) is 49.7 Å². The molecule has 2 aromatic rings. The highest BCUT2D eigenvalue weighted by Crippen LogP contribution is 2.29. The van der Waals surface area contributed by atoms with E-state index >= 15 is 0 Å². The van der Waals surface area contributed by atoms with Crippen molar-refractivity contribution < 1.29 is 19.1 Å². The van der Waals surface area contributed by atoms with E-state index in [0.717, 1.165) is 5.56 Å². The first kappa shape index (κ1) is 11.6. The smallest absolute Gasteiger partial charge is 0.512 e.